The first kappa shape index (κ1) is 11.3. The predicted octanol–water partition coefficient (Wildman–Crippen LogP) is 2.79. The van der Waals surface area contributed by atoms with Gasteiger partial charge in [0.05, 0.1) is 12.5 Å². The molecule has 0 aromatic carbocycles. The normalized spacial score (nSPS) is 28.3. The average molecular weight is 196 g/mol. The number of rotatable bonds is 4. The van der Waals surface area contributed by atoms with E-state index in [1.807, 2.05) is 13.8 Å². The molecule has 2 nitrogen and oxygen atoms in total. The average Bonchev–Trinajstić information content (AvgIpc) is 2.52. The standard InChI is InChI=1S/C12H20O2/c1-6-14-11(13)10-9(7-8(2)3)12(10,4)5/h9-10H,2,6-7H2,1,3-5H3/t9-,10-/m1/s1. The molecule has 0 N–H and O–H groups in total. The van der Waals surface area contributed by atoms with Crippen molar-refractivity contribution in [1.29, 1.82) is 0 Å². The molecule has 0 unspecified atom stereocenters. The number of hydrogen-bond donors (Lipinski definition) is 0. The predicted molar refractivity (Wildman–Crippen MR) is 56.8 cm³/mol. The molecule has 1 fully saturated rings. The maximum absolute atomic E-state index is 11.6. The molecule has 14 heavy (non-hydrogen) atoms. The van der Waals surface area contributed by atoms with E-state index in [0.29, 0.717) is 12.5 Å². The zero-order chi connectivity index (χ0) is 10.9. The van der Waals surface area contributed by atoms with Gasteiger partial charge in [0.25, 0.3) is 0 Å². The molecule has 1 saturated carbocycles. The van der Waals surface area contributed by atoms with E-state index in [1.54, 1.807) is 0 Å². The third-order valence-electron chi connectivity index (χ3n) is 3.16. The quantitative estimate of drug-likeness (QED) is 0.510. The van der Waals surface area contributed by atoms with Gasteiger partial charge in [0.15, 0.2) is 0 Å². The Hall–Kier alpha value is -0.790. The Labute approximate surface area is 86.3 Å². The molecule has 0 aromatic rings. The van der Waals surface area contributed by atoms with Crippen LogP contribution in [0.2, 0.25) is 0 Å². The lowest BCUT2D eigenvalue weighted by atomic mass is 10.1. The minimum atomic E-state index is -0.0382. The molecule has 0 aromatic heterocycles. The number of allylic oxidation sites excluding steroid dienone is 1. The van der Waals surface area contributed by atoms with Crippen LogP contribution in [0.25, 0.3) is 0 Å². The van der Waals surface area contributed by atoms with E-state index in [-0.39, 0.29) is 17.3 Å². The molecular weight excluding hydrogens is 176 g/mol. The number of carbonyl (C=O) groups excluding carboxylic acids is 1. The summed E-state index contributed by atoms with van der Waals surface area (Å²) in [6, 6.07) is 0. The van der Waals surface area contributed by atoms with Crippen molar-refractivity contribution in [2.75, 3.05) is 6.61 Å². The van der Waals surface area contributed by atoms with Crippen LogP contribution in [0.5, 0.6) is 0 Å². The second-order valence-electron chi connectivity index (χ2n) is 4.82. The van der Waals surface area contributed by atoms with Gasteiger partial charge >= 0.3 is 5.97 Å². The molecule has 0 aliphatic heterocycles. The van der Waals surface area contributed by atoms with E-state index in [1.165, 1.54) is 0 Å². The highest BCUT2D eigenvalue weighted by Crippen LogP contribution is 2.61. The number of hydrogen-bond acceptors (Lipinski definition) is 2. The van der Waals surface area contributed by atoms with Crippen LogP contribution in [0, 0.1) is 17.3 Å². The lowest BCUT2D eigenvalue weighted by Gasteiger charge is -2.01. The molecule has 0 spiro atoms. The molecule has 0 heterocycles. The van der Waals surface area contributed by atoms with Gasteiger partial charge in [-0.1, -0.05) is 19.4 Å². The zero-order valence-electron chi connectivity index (χ0n) is 9.59. The van der Waals surface area contributed by atoms with Crippen LogP contribution < -0.4 is 0 Å². The SMILES string of the molecule is C=C(C)C[C@@H]1[C@H](C(=O)OCC)C1(C)C. The molecule has 1 rings (SSSR count). The maximum Gasteiger partial charge on any atom is 0.309 e. The first-order chi connectivity index (χ1) is 6.41. The summed E-state index contributed by atoms with van der Waals surface area (Å²) in [4.78, 5) is 11.6. The fourth-order valence-electron chi connectivity index (χ4n) is 2.20. The van der Waals surface area contributed by atoms with Gasteiger partial charge in [-0.3, -0.25) is 4.79 Å². The van der Waals surface area contributed by atoms with Crippen molar-refractivity contribution in [2.45, 2.75) is 34.1 Å². The Balaban J connectivity index is 2.56. The lowest BCUT2D eigenvalue weighted by molar-refractivity contribution is -0.145. The summed E-state index contributed by atoms with van der Waals surface area (Å²) in [5, 5.41) is 0. The highest BCUT2D eigenvalue weighted by Gasteiger charge is 2.61. The maximum atomic E-state index is 11.6. The van der Waals surface area contributed by atoms with E-state index in [4.69, 9.17) is 4.74 Å². The van der Waals surface area contributed by atoms with Gasteiger partial charge in [0, 0.05) is 0 Å². The fraction of sp³-hybridized carbons (Fsp3) is 0.750. The van der Waals surface area contributed by atoms with Gasteiger partial charge in [-0.25, -0.2) is 0 Å². The second kappa shape index (κ2) is 3.76. The van der Waals surface area contributed by atoms with Crippen LogP contribution in [0.3, 0.4) is 0 Å². The van der Waals surface area contributed by atoms with Gasteiger partial charge < -0.3 is 4.74 Å². The molecular formula is C12H20O2. The Morgan fingerprint density at radius 3 is 2.50 bits per heavy atom. The first-order valence-electron chi connectivity index (χ1n) is 5.22. The summed E-state index contributed by atoms with van der Waals surface area (Å²) >= 11 is 0. The van der Waals surface area contributed by atoms with Crippen molar-refractivity contribution in [3.8, 4) is 0 Å². The van der Waals surface area contributed by atoms with Crippen LogP contribution in [-0.2, 0) is 9.53 Å². The van der Waals surface area contributed by atoms with E-state index in [9.17, 15) is 4.79 Å². The van der Waals surface area contributed by atoms with Crippen LogP contribution in [-0.4, -0.2) is 12.6 Å². The van der Waals surface area contributed by atoms with Crippen LogP contribution in [0.15, 0.2) is 12.2 Å². The summed E-state index contributed by atoms with van der Waals surface area (Å²) in [7, 11) is 0. The third-order valence-corrected chi connectivity index (χ3v) is 3.16. The molecule has 0 radical (unpaired) electrons. The molecule has 2 heteroatoms. The molecule has 1 aliphatic rings. The van der Waals surface area contributed by atoms with Crippen molar-refractivity contribution in [2.24, 2.45) is 17.3 Å². The summed E-state index contributed by atoms with van der Waals surface area (Å²) < 4.78 is 5.04. The Bertz CT molecular complexity index is 253. The van der Waals surface area contributed by atoms with Crippen LogP contribution in [0.1, 0.15) is 34.1 Å². The topological polar surface area (TPSA) is 26.3 Å². The van der Waals surface area contributed by atoms with Crippen molar-refractivity contribution in [3.05, 3.63) is 12.2 Å². The highest BCUT2D eigenvalue weighted by atomic mass is 16.5. The van der Waals surface area contributed by atoms with Crippen molar-refractivity contribution in [1.82, 2.24) is 0 Å². The summed E-state index contributed by atoms with van der Waals surface area (Å²) in [6.45, 7) is 12.5. The fourth-order valence-corrected chi connectivity index (χ4v) is 2.20. The van der Waals surface area contributed by atoms with Crippen LogP contribution >= 0.6 is 0 Å². The van der Waals surface area contributed by atoms with Crippen molar-refractivity contribution >= 4 is 5.97 Å². The monoisotopic (exact) mass is 196 g/mol. The molecule has 0 amide bonds. The minimum Gasteiger partial charge on any atom is -0.466 e. The van der Waals surface area contributed by atoms with Crippen molar-refractivity contribution in [3.63, 3.8) is 0 Å². The zero-order valence-corrected chi connectivity index (χ0v) is 9.59. The van der Waals surface area contributed by atoms with Gasteiger partial charge in [0.1, 0.15) is 0 Å². The molecule has 0 saturated heterocycles. The number of carbonyl (C=O) groups is 1. The Kier molecular flexibility index (Phi) is 3.03. The van der Waals surface area contributed by atoms with Gasteiger partial charge in [-0.05, 0) is 31.6 Å². The third kappa shape index (κ3) is 1.99. The molecule has 2 atom stereocenters. The van der Waals surface area contributed by atoms with Gasteiger partial charge in [0.2, 0.25) is 0 Å². The highest BCUT2D eigenvalue weighted by molar-refractivity contribution is 5.77. The molecule has 80 valence electrons. The molecule has 0 bridgehead atoms. The largest absolute Gasteiger partial charge is 0.466 e. The second-order valence-corrected chi connectivity index (χ2v) is 4.82. The summed E-state index contributed by atoms with van der Waals surface area (Å²) in [5.74, 6) is 0.474. The number of esters is 1. The summed E-state index contributed by atoms with van der Waals surface area (Å²) in [6.07, 6.45) is 0.941. The van der Waals surface area contributed by atoms with E-state index in [2.05, 4.69) is 20.4 Å². The van der Waals surface area contributed by atoms with Gasteiger partial charge in [-0.15, -0.1) is 6.58 Å². The summed E-state index contributed by atoms with van der Waals surface area (Å²) in [5.41, 5.74) is 1.25. The first-order valence-corrected chi connectivity index (χ1v) is 5.22. The minimum absolute atomic E-state index is 0.0382. The molecule has 1 aliphatic carbocycles. The Morgan fingerprint density at radius 1 is 1.50 bits per heavy atom. The number of ether oxygens (including phenoxy) is 1. The van der Waals surface area contributed by atoms with E-state index in [0.717, 1.165) is 12.0 Å². The lowest BCUT2D eigenvalue weighted by Crippen LogP contribution is -2.10. The van der Waals surface area contributed by atoms with E-state index < -0.39 is 0 Å². The Morgan fingerprint density at radius 2 is 2.07 bits per heavy atom. The van der Waals surface area contributed by atoms with Crippen molar-refractivity contribution < 1.29 is 9.53 Å². The van der Waals surface area contributed by atoms with Gasteiger partial charge in [-0.2, -0.15) is 0 Å². The van der Waals surface area contributed by atoms with Crippen LogP contribution in [0.4, 0.5) is 0 Å². The van der Waals surface area contributed by atoms with E-state index >= 15 is 0 Å². The smallest absolute Gasteiger partial charge is 0.309 e.